The number of para-hydroxylation sites is 1. The normalized spacial score (nSPS) is 20.4. The van der Waals surface area contributed by atoms with Gasteiger partial charge in [0.05, 0.1) is 10.2 Å². The van der Waals surface area contributed by atoms with E-state index in [4.69, 9.17) is 0 Å². The predicted molar refractivity (Wildman–Crippen MR) is 83.2 cm³/mol. The number of nitrogens with one attached hydrogen (secondary N) is 1. The molecule has 0 radical (unpaired) electrons. The second-order valence-electron chi connectivity index (χ2n) is 5.96. The van der Waals surface area contributed by atoms with Crippen LogP contribution in [0.25, 0.3) is 0 Å². The Morgan fingerprint density at radius 3 is 2.43 bits per heavy atom. The number of nitro benzene ring substituents is 1. The highest BCUT2D eigenvalue weighted by atomic mass is 32.2. The lowest BCUT2D eigenvalue weighted by Gasteiger charge is -2.32. The van der Waals surface area contributed by atoms with E-state index in [1.165, 1.54) is 16.4 Å². The van der Waals surface area contributed by atoms with E-state index in [-0.39, 0.29) is 17.0 Å². The maximum Gasteiger partial charge on any atom is 0.327 e. The van der Waals surface area contributed by atoms with Gasteiger partial charge in [-0.15, -0.1) is 0 Å². The van der Waals surface area contributed by atoms with Crippen molar-refractivity contribution in [3.8, 4) is 0 Å². The van der Waals surface area contributed by atoms with Crippen molar-refractivity contribution in [2.75, 3.05) is 18.4 Å². The summed E-state index contributed by atoms with van der Waals surface area (Å²) in [7, 11) is -3.18. The first-order valence-corrected chi connectivity index (χ1v) is 9.08. The minimum atomic E-state index is -3.18. The molecular formula is C14H18FN3O4S. The molecule has 0 amide bonds. The summed E-state index contributed by atoms with van der Waals surface area (Å²) in [6.45, 7) is 0.777. The van der Waals surface area contributed by atoms with E-state index in [0.29, 0.717) is 25.9 Å². The molecule has 2 aliphatic rings. The highest BCUT2D eigenvalue weighted by Crippen LogP contribution is 2.33. The Bertz CT molecular complexity index is 713. The second kappa shape index (κ2) is 6.04. The van der Waals surface area contributed by atoms with E-state index in [0.717, 1.165) is 18.9 Å². The summed E-state index contributed by atoms with van der Waals surface area (Å²) < 4.78 is 39.4. The molecule has 1 N–H and O–H groups in total. The zero-order valence-electron chi connectivity index (χ0n) is 12.4. The van der Waals surface area contributed by atoms with E-state index in [1.807, 2.05) is 0 Å². The molecule has 1 saturated heterocycles. The highest BCUT2D eigenvalue weighted by molar-refractivity contribution is 7.90. The van der Waals surface area contributed by atoms with Gasteiger partial charge in [-0.3, -0.25) is 10.1 Å². The first kappa shape index (κ1) is 16.1. The lowest BCUT2D eigenvalue weighted by Crippen LogP contribution is -2.43. The van der Waals surface area contributed by atoms with Crippen molar-refractivity contribution in [1.82, 2.24) is 4.31 Å². The molecule has 1 aromatic carbocycles. The number of benzene rings is 1. The second-order valence-corrected chi connectivity index (χ2v) is 8.17. The largest absolute Gasteiger partial charge is 0.377 e. The van der Waals surface area contributed by atoms with Gasteiger partial charge < -0.3 is 5.32 Å². The number of piperidine rings is 1. The number of halogens is 1. The third-order valence-corrected chi connectivity index (χ3v) is 6.69. The monoisotopic (exact) mass is 343 g/mol. The molecule has 0 spiro atoms. The Kier molecular flexibility index (Phi) is 4.24. The van der Waals surface area contributed by atoms with Gasteiger partial charge in [0, 0.05) is 19.1 Å². The maximum absolute atomic E-state index is 13.6. The lowest BCUT2D eigenvalue weighted by molar-refractivity contribution is -0.386. The fraction of sp³-hybridized carbons (Fsp3) is 0.571. The standard InChI is InChI=1S/C14H18FN3O4S/c15-12-2-1-3-13(14(12)18(19)20)16-10-6-8-17(9-7-10)23(21,22)11-4-5-11/h1-3,10-11,16H,4-9H2. The summed E-state index contributed by atoms with van der Waals surface area (Å²) >= 11 is 0. The molecule has 2 fully saturated rings. The van der Waals surface area contributed by atoms with Crippen LogP contribution in [0.5, 0.6) is 0 Å². The quantitative estimate of drug-likeness (QED) is 0.653. The van der Waals surface area contributed by atoms with E-state index in [2.05, 4.69) is 5.32 Å². The van der Waals surface area contributed by atoms with Gasteiger partial charge in [-0.25, -0.2) is 12.7 Å². The molecular weight excluding hydrogens is 325 g/mol. The van der Waals surface area contributed by atoms with E-state index < -0.39 is 26.5 Å². The maximum atomic E-state index is 13.6. The lowest BCUT2D eigenvalue weighted by atomic mass is 10.1. The first-order chi connectivity index (χ1) is 10.9. The van der Waals surface area contributed by atoms with Crippen LogP contribution in [0.2, 0.25) is 0 Å². The van der Waals surface area contributed by atoms with Crippen LogP contribution in [0.3, 0.4) is 0 Å². The van der Waals surface area contributed by atoms with Gasteiger partial charge in [0.2, 0.25) is 15.8 Å². The molecule has 7 nitrogen and oxygen atoms in total. The molecule has 0 unspecified atom stereocenters. The van der Waals surface area contributed by atoms with Gasteiger partial charge in [0.1, 0.15) is 5.69 Å². The van der Waals surface area contributed by atoms with Crippen LogP contribution in [-0.4, -0.2) is 42.0 Å². The van der Waals surface area contributed by atoms with E-state index in [1.54, 1.807) is 0 Å². The van der Waals surface area contributed by atoms with Crippen molar-refractivity contribution < 1.29 is 17.7 Å². The van der Waals surface area contributed by atoms with Crippen LogP contribution in [0.1, 0.15) is 25.7 Å². The molecule has 1 aliphatic carbocycles. The van der Waals surface area contributed by atoms with Crippen molar-refractivity contribution in [3.05, 3.63) is 34.1 Å². The summed E-state index contributed by atoms with van der Waals surface area (Å²) in [6, 6.07) is 3.82. The molecule has 9 heteroatoms. The summed E-state index contributed by atoms with van der Waals surface area (Å²) in [4.78, 5) is 10.2. The summed E-state index contributed by atoms with van der Waals surface area (Å²) in [5.74, 6) is -0.881. The van der Waals surface area contributed by atoms with E-state index in [9.17, 15) is 22.9 Å². The number of nitrogens with zero attached hydrogens (tertiary/aromatic N) is 2. The SMILES string of the molecule is O=[N+]([O-])c1c(F)cccc1NC1CCN(S(=O)(=O)C2CC2)CC1. The molecule has 0 bridgehead atoms. The Hall–Kier alpha value is -1.74. The molecule has 126 valence electrons. The molecule has 1 saturated carbocycles. The first-order valence-electron chi connectivity index (χ1n) is 7.58. The topological polar surface area (TPSA) is 92.6 Å². The molecule has 23 heavy (non-hydrogen) atoms. The molecule has 0 aromatic heterocycles. The van der Waals surface area contributed by atoms with Gasteiger partial charge in [0.25, 0.3) is 0 Å². The van der Waals surface area contributed by atoms with Gasteiger partial charge in [-0.05, 0) is 37.8 Å². The Balaban J connectivity index is 1.66. The fourth-order valence-corrected chi connectivity index (χ4v) is 4.74. The van der Waals surface area contributed by atoms with Gasteiger partial charge in [-0.2, -0.15) is 4.39 Å². The number of anilines is 1. The van der Waals surface area contributed by atoms with Gasteiger partial charge in [-0.1, -0.05) is 6.07 Å². The smallest absolute Gasteiger partial charge is 0.327 e. The molecule has 3 rings (SSSR count). The third kappa shape index (κ3) is 3.30. The van der Waals surface area contributed by atoms with Crippen LogP contribution >= 0.6 is 0 Å². The van der Waals surface area contributed by atoms with Crippen LogP contribution in [0, 0.1) is 15.9 Å². The Morgan fingerprint density at radius 1 is 1.22 bits per heavy atom. The summed E-state index contributed by atoms with van der Waals surface area (Å²) in [5, 5.41) is 13.7. The number of sulfonamides is 1. The number of nitro groups is 1. The van der Waals surface area contributed by atoms with Crippen LogP contribution in [0.15, 0.2) is 18.2 Å². The number of hydrogen-bond donors (Lipinski definition) is 1. The molecule has 1 heterocycles. The van der Waals surface area contributed by atoms with E-state index >= 15 is 0 Å². The van der Waals surface area contributed by atoms with Crippen molar-refractivity contribution in [1.29, 1.82) is 0 Å². The van der Waals surface area contributed by atoms with Crippen molar-refractivity contribution >= 4 is 21.4 Å². The average Bonchev–Trinajstić information content (AvgIpc) is 3.32. The van der Waals surface area contributed by atoms with Crippen molar-refractivity contribution in [2.45, 2.75) is 37.0 Å². The summed E-state index contributed by atoms with van der Waals surface area (Å²) in [5.41, 5.74) is -0.431. The Labute approximate surface area is 133 Å². The number of hydrogen-bond acceptors (Lipinski definition) is 5. The zero-order chi connectivity index (χ0) is 16.6. The van der Waals surface area contributed by atoms with Crippen molar-refractivity contribution in [3.63, 3.8) is 0 Å². The van der Waals surface area contributed by atoms with Crippen molar-refractivity contribution in [2.24, 2.45) is 0 Å². The van der Waals surface area contributed by atoms with Gasteiger partial charge in [0.15, 0.2) is 0 Å². The summed E-state index contributed by atoms with van der Waals surface area (Å²) in [6.07, 6.45) is 2.55. The molecule has 0 atom stereocenters. The minimum Gasteiger partial charge on any atom is -0.377 e. The minimum absolute atomic E-state index is 0.110. The third-order valence-electron chi connectivity index (χ3n) is 4.29. The molecule has 1 aliphatic heterocycles. The highest BCUT2D eigenvalue weighted by Gasteiger charge is 2.41. The number of rotatable bonds is 5. The van der Waals surface area contributed by atoms with Crippen LogP contribution in [-0.2, 0) is 10.0 Å². The zero-order valence-corrected chi connectivity index (χ0v) is 13.3. The fourth-order valence-electron chi connectivity index (χ4n) is 2.87. The Morgan fingerprint density at radius 2 is 1.87 bits per heavy atom. The van der Waals surface area contributed by atoms with Gasteiger partial charge >= 0.3 is 5.69 Å². The van der Waals surface area contributed by atoms with Crippen LogP contribution < -0.4 is 5.32 Å². The van der Waals surface area contributed by atoms with Crippen LogP contribution in [0.4, 0.5) is 15.8 Å². The molecule has 1 aromatic rings. The average molecular weight is 343 g/mol. The predicted octanol–water partition coefficient (Wildman–Crippen LogP) is 2.10.